The second-order valence-corrected chi connectivity index (χ2v) is 4.88. The minimum atomic E-state index is -1.52. The van der Waals surface area contributed by atoms with Crippen molar-refractivity contribution in [1.29, 1.82) is 0 Å². The van der Waals surface area contributed by atoms with Crippen LogP contribution in [0.1, 0.15) is 0 Å². The number of morpholine rings is 1. The van der Waals surface area contributed by atoms with E-state index in [9.17, 15) is 13.0 Å². The van der Waals surface area contributed by atoms with Crippen molar-refractivity contribution in [2.75, 3.05) is 26.3 Å². The first-order valence-electron chi connectivity index (χ1n) is 4.87. The average Bonchev–Trinajstić information content (AvgIpc) is 2.28. The van der Waals surface area contributed by atoms with E-state index in [1.807, 2.05) is 0 Å². The Hall–Kier alpha value is -0.850. The molecule has 1 heterocycles. The third kappa shape index (κ3) is 2.63. The molecule has 1 fully saturated rings. The number of hydrogen-bond donors (Lipinski definition) is 0. The summed E-state index contributed by atoms with van der Waals surface area (Å²) >= 11 is 0. The maximum atomic E-state index is 12.9. The number of ether oxygens (including phenoxy) is 1. The third-order valence-electron chi connectivity index (χ3n) is 2.24. The quantitative estimate of drug-likeness (QED) is 0.789. The van der Waals surface area contributed by atoms with E-state index in [0.717, 1.165) is 18.2 Å². The average molecular weight is 247 g/mol. The zero-order valence-corrected chi connectivity index (χ0v) is 9.30. The Balaban J connectivity index is 2.19. The van der Waals surface area contributed by atoms with Gasteiger partial charge in [-0.1, -0.05) is 0 Å². The van der Waals surface area contributed by atoms with Crippen molar-refractivity contribution in [1.82, 2.24) is 4.31 Å². The van der Waals surface area contributed by atoms with Gasteiger partial charge in [-0.15, -0.1) is 0 Å². The Morgan fingerprint density at radius 2 is 1.69 bits per heavy atom. The summed E-state index contributed by atoms with van der Waals surface area (Å²) in [6, 6.07) is 2.95. The summed E-state index contributed by atoms with van der Waals surface area (Å²) in [4.78, 5) is 0.152. The monoisotopic (exact) mass is 247 g/mol. The van der Waals surface area contributed by atoms with Gasteiger partial charge in [0.15, 0.2) is 0 Å². The summed E-state index contributed by atoms with van der Waals surface area (Å²) in [6.45, 7) is 1.99. The van der Waals surface area contributed by atoms with E-state index in [4.69, 9.17) is 4.74 Å². The largest absolute Gasteiger partial charge is 0.379 e. The summed E-state index contributed by atoms with van der Waals surface area (Å²) in [6.07, 6.45) is 0. The standard InChI is InChI=1S/C10H11F2NO2S/c11-8-5-9(12)7-10(6-8)16(14)13-1-3-15-4-2-13/h5-7H,1-4H2. The van der Waals surface area contributed by atoms with Gasteiger partial charge in [-0.05, 0) is 12.1 Å². The van der Waals surface area contributed by atoms with E-state index in [-0.39, 0.29) is 4.90 Å². The molecule has 6 heteroatoms. The molecule has 1 aromatic rings. The highest BCUT2D eigenvalue weighted by Gasteiger charge is 2.19. The summed E-state index contributed by atoms with van der Waals surface area (Å²) < 4.78 is 44.6. The highest BCUT2D eigenvalue weighted by Crippen LogP contribution is 2.15. The van der Waals surface area contributed by atoms with Crippen LogP contribution in [0.5, 0.6) is 0 Å². The first-order valence-corrected chi connectivity index (χ1v) is 5.98. The van der Waals surface area contributed by atoms with Crippen molar-refractivity contribution in [3.63, 3.8) is 0 Å². The molecule has 0 bridgehead atoms. The minimum absolute atomic E-state index is 0.152. The molecule has 1 aromatic carbocycles. The van der Waals surface area contributed by atoms with Crippen LogP contribution in [0.15, 0.2) is 23.1 Å². The maximum absolute atomic E-state index is 12.9. The summed E-state index contributed by atoms with van der Waals surface area (Å²) in [5.41, 5.74) is 0. The first kappa shape index (κ1) is 11.6. The lowest BCUT2D eigenvalue weighted by Crippen LogP contribution is -2.37. The lowest BCUT2D eigenvalue weighted by Gasteiger charge is -2.25. The van der Waals surface area contributed by atoms with Crippen LogP contribution in [0, 0.1) is 11.6 Å². The lowest BCUT2D eigenvalue weighted by atomic mass is 10.3. The smallest absolute Gasteiger partial charge is 0.127 e. The molecule has 1 saturated heterocycles. The van der Waals surface area contributed by atoms with Gasteiger partial charge in [-0.25, -0.2) is 17.3 Å². The van der Waals surface area contributed by atoms with Gasteiger partial charge >= 0.3 is 0 Å². The molecule has 0 radical (unpaired) electrons. The van der Waals surface area contributed by atoms with Crippen LogP contribution in [0.4, 0.5) is 8.78 Å². The van der Waals surface area contributed by atoms with E-state index in [2.05, 4.69) is 0 Å². The Bertz CT molecular complexity index is 388. The van der Waals surface area contributed by atoms with Gasteiger partial charge in [0.05, 0.1) is 18.1 Å². The maximum Gasteiger partial charge on any atom is 0.127 e. The molecule has 0 saturated carbocycles. The molecule has 1 aliphatic heterocycles. The van der Waals surface area contributed by atoms with Crippen molar-refractivity contribution in [2.24, 2.45) is 0 Å². The molecule has 0 aliphatic carbocycles. The molecule has 1 atom stereocenters. The zero-order valence-electron chi connectivity index (χ0n) is 8.49. The van der Waals surface area contributed by atoms with Crippen LogP contribution in [0.25, 0.3) is 0 Å². The van der Waals surface area contributed by atoms with Crippen LogP contribution in [-0.4, -0.2) is 34.8 Å². The van der Waals surface area contributed by atoms with Crippen molar-refractivity contribution in [3.8, 4) is 0 Å². The molecule has 16 heavy (non-hydrogen) atoms. The fourth-order valence-electron chi connectivity index (χ4n) is 1.49. The predicted molar refractivity (Wildman–Crippen MR) is 55.2 cm³/mol. The molecule has 0 aromatic heterocycles. The number of hydrogen-bond acceptors (Lipinski definition) is 2. The molecule has 1 unspecified atom stereocenters. The molecule has 0 amide bonds. The molecule has 3 nitrogen and oxygen atoms in total. The normalized spacial score (nSPS) is 19.6. The van der Waals surface area contributed by atoms with Crippen LogP contribution in [-0.2, 0) is 15.7 Å². The fourth-order valence-corrected chi connectivity index (χ4v) is 2.70. The highest BCUT2D eigenvalue weighted by molar-refractivity contribution is 7.82. The van der Waals surface area contributed by atoms with Crippen LogP contribution >= 0.6 is 0 Å². The fraction of sp³-hybridized carbons (Fsp3) is 0.400. The SMILES string of the molecule is O=S(c1cc(F)cc(F)c1)N1CCOCC1. The summed E-state index contributed by atoms with van der Waals surface area (Å²) in [5, 5.41) is 0. The summed E-state index contributed by atoms with van der Waals surface area (Å²) in [5.74, 6) is -1.42. The van der Waals surface area contributed by atoms with E-state index >= 15 is 0 Å². The summed E-state index contributed by atoms with van der Waals surface area (Å²) in [7, 11) is -1.52. The molecule has 0 spiro atoms. The van der Waals surface area contributed by atoms with Gasteiger partial charge in [-0.3, -0.25) is 0 Å². The van der Waals surface area contributed by atoms with Crippen molar-refractivity contribution in [3.05, 3.63) is 29.8 Å². The number of rotatable bonds is 2. The van der Waals surface area contributed by atoms with Crippen LogP contribution < -0.4 is 0 Å². The van der Waals surface area contributed by atoms with Gasteiger partial charge in [0.2, 0.25) is 0 Å². The van der Waals surface area contributed by atoms with Gasteiger partial charge in [-0.2, -0.15) is 0 Å². The zero-order chi connectivity index (χ0) is 11.5. The number of nitrogens with zero attached hydrogens (tertiary/aromatic N) is 1. The second kappa shape index (κ2) is 4.99. The van der Waals surface area contributed by atoms with E-state index in [0.29, 0.717) is 26.3 Å². The highest BCUT2D eigenvalue weighted by atomic mass is 32.2. The molecule has 0 N–H and O–H groups in total. The lowest BCUT2D eigenvalue weighted by molar-refractivity contribution is 0.0752. The van der Waals surface area contributed by atoms with Crippen LogP contribution in [0.2, 0.25) is 0 Å². The third-order valence-corrected chi connectivity index (χ3v) is 3.72. The Labute approximate surface area is 94.6 Å². The van der Waals surface area contributed by atoms with E-state index in [1.165, 1.54) is 0 Å². The molecule has 1 aliphatic rings. The Kier molecular flexibility index (Phi) is 3.63. The predicted octanol–water partition coefficient (Wildman–Crippen LogP) is 1.32. The van der Waals surface area contributed by atoms with Crippen molar-refractivity contribution < 1.29 is 17.7 Å². The minimum Gasteiger partial charge on any atom is -0.379 e. The van der Waals surface area contributed by atoms with Gasteiger partial charge in [0.1, 0.15) is 22.6 Å². The van der Waals surface area contributed by atoms with Crippen LogP contribution in [0.3, 0.4) is 0 Å². The van der Waals surface area contributed by atoms with E-state index < -0.39 is 22.6 Å². The van der Waals surface area contributed by atoms with Gasteiger partial charge in [0.25, 0.3) is 0 Å². The van der Waals surface area contributed by atoms with Gasteiger partial charge < -0.3 is 4.74 Å². The Morgan fingerprint density at radius 3 is 2.25 bits per heavy atom. The van der Waals surface area contributed by atoms with E-state index in [1.54, 1.807) is 4.31 Å². The van der Waals surface area contributed by atoms with Crippen molar-refractivity contribution >= 4 is 11.0 Å². The number of halogens is 2. The topological polar surface area (TPSA) is 29.5 Å². The second-order valence-electron chi connectivity index (χ2n) is 3.40. The molecule has 2 rings (SSSR count). The first-order chi connectivity index (χ1) is 7.66. The molecular formula is C10H11F2NO2S. The number of benzene rings is 1. The molecular weight excluding hydrogens is 236 g/mol. The van der Waals surface area contributed by atoms with Gasteiger partial charge in [0, 0.05) is 19.2 Å². The van der Waals surface area contributed by atoms with Crippen molar-refractivity contribution in [2.45, 2.75) is 4.90 Å². The molecule has 88 valence electrons. The Morgan fingerprint density at radius 1 is 1.12 bits per heavy atom.